The molecule has 1 aromatic carbocycles. The standard InChI is InChI=1S/C19H31N3O2/c1-20-19(22-15-16-9-7-8-12-18(16)23-2)21-13-14-24-17-10-5-3-4-6-11-17/h7-9,12,17H,3-6,10-11,13-15H2,1-2H3,(H2,20,21,22). The number of hydrogen-bond acceptors (Lipinski definition) is 3. The van der Waals surface area contributed by atoms with E-state index in [4.69, 9.17) is 9.47 Å². The third-order valence-electron chi connectivity index (χ3n) is 4.41. The van der Waals surface area contributed by atoms with Crippen molar-refractivity contribution in [3.8, 4) is 5.75 Å². The number of nitrogens with one attached hydrogen (secondary N) is 2. The zero-order valence-corrected chi connectivity index (χ0v) is 15.0. The van der Waals surface area contributed by atoms with Crippen LogP contribution in [0.1, 0.15) is 44.1 Å². The highest BCUT2D eigenvalue weighted by Gasteiger charge is 2.12. The quantitative estimate of drug-likeness (QED) is 0.348. The van der Waals surface area contributed by atoms with E-state index < -0.39 is 0 Å². The van der Waals surface area contributed by atoms with Gasteiger partial charge >= 0.3 is 0 Å². The molecule has 5 heteroatoms. The van der Waals surface area contributed by atoms with Crippen LogP contribution in [0, 0.1) is 0 Å². The summed E-state index contributed by atoms with van der Waals surface area (Å²) in [6.45, 7) is 2.16. The molecule has 134 valence electrons. The molecular formula is C19H31N3O2. The normalized spacial score (nSPS) is 16.5. The van der Waals surface area contributed by atoms with E-state index in [0.29, 0.717) is 12.6 Å². The van der Waals surface area contributed by atoms with Crippen molar-refractivity contribution in [2.75, 3.05) is 27.3 Å². The van der Waals surface area contributed by atoms with Gasteiger partial charge in [0.2, 0.25) is 0 Å². The van der Waals surface area contributed by atoms with Crippen molar-refractivity contribution in [2.24, 2.45) is 4.99 Å². The molecule has 0 unspecified atom stereocenters. The molecule has 0 aromatic heterocycles. The SMILES string of the molecule is CN=C(NCCOC1CCCCCC1)NCc1ccccc1OC. The highest BCUT2D eigenvalue weighted by Crippen LogP contribution is 2.19. The van der Waals surface area contributed by atoms with Crippen molar-refractivity contribution in [2.45, 2.75) is 51.2 Å². The first-order valence-electron chi connectivity index (χ1n) is 9.01. The van der Waals surface area contributed by atoms with E-state index in [1.807, 2.05) is 24.3 Å². The summed E-state index contributed by atoms with van der Waals surface area (Å²) < 4.78 is 11.4. The number of hydrogen-bond donors (Lipinski definition) is 2. The van der Waals surface area contributed by atoms with Crippen LogP contribution >= 0.6 is 0 Å². The predicted molar refractivity (Wildman–Crippen MR) is 98.6 cm³/mol. The largest absolute Gasteiger partial charge is 0.496 e. The fraction of sp³-hybridized carbons (Fsp3) is 0.632. The maximum absolute atomic E-state index is 5.99. The summed E-state index contributed by atoms with van der Waals surface area (Å²) in [5, 5.41) is 6.62. The molecule has 1 fully saturated rings. The van der Waals surface area contributed by atoms with Gasteiger partial charge < -0.3 is 20.1 Å². The molecular weight excluding hydrogens is 302 g/mol. The lowest BCUT2D eigenvalue weighted by atomic mass is 10.1. The van der Waals surface area contributed by atoms with Gasteiger partial charge in [-0.05, 0) is 18.9 Å². The fourth-order valence-electron chi connectivity index (χ4n) is 3.05. The smallest absolute Gasteiger partial charge is 0.191 e. The van der Waals surface area contributed by atoms with E-state index in [0.717, 1.165) is 30.4 Å². The van der Waals surface area contributed by atoms with Crippen molar-refractivity contribution in [1.29, 1.82) is 0 Å². The molecule has 24 heavy (non-hydrogen) atoms. The van der Waals surface area contributed by atoms with E-state index in [1.165, 1.54) is 38.5 Å². The Morgan fingerprint density at radius 3 is 2.58 bits per heavy atom. The summed E-state index contributed by atoms with van der Waals surface area (Å²) in [7, 11) is 3.47. The molecule has 0 spiro atoms. The summed E-state index contributed by atoms with van der Waals surface area (Å²) in [5.41, 5.74) is 1.11. The Labute approximate surface area is 145 Å². The van der Waals surface area contributed by atoms with Crippen molar-refractivity contribution in [1.82, 2.24) is 10.6 Å². The number of guanidine groups is 1. The van der Waals surface area contributed by atoms with E-state index in [2.05, 4.69) is 15.6 Å². The number of para-hydroxylation sites is 1. The first kappa shape index (κ1) is 18.6. The van der Waals surface area contributed by atoms with E-state index in [9.17, 15) is 0 Å². The first-order chi connectivity index (χ1) is 11.8. The van der Waals surface area contributed by atoms with Crippen LogP contribution in [-0.2, 0) is 11.3 Å². The van der Waals surface area contributed by atoms with Gasteiger partial charge in [-0.3, -0.25) is 4.99 Å². The van der Waals surface area contributed by atoms with E-state index >= 15 is 0 Å². The second-order valence-electron chi connectivity index (χ2n) is 6.15. The average Bonchev–Trinajstić information content (AvgIpc) is 2.90. The van der Waals surface area contributed by atoms with Crippen LogP contribution in [0.15, 0.2) is 29.3 Å². The number of nitrogens with zero attached hydrogens (tertiary/aromatic N) is 1. The lowest BCUT2D eigenvalue weighted by Crippen LogP contribution is -2.39. The number of benzene rings is 1. The number of aliphatic imine (C=N–C) groups is 1. The molecule has 0 atom stereocenters. The minimum atomic E-state index is 0.442. The van der Waals surface area contributed by atoms with Gasteiger partial charge in [-0.15, -0.1) is 0 Å². The van der Waals surface area contributed by atoms with Gasteiger partial charge in [-0.2, -0.15) is 0 Å². The minimum Gasteiger partial charge on any atom is -0.496 e. The molecule has 0 bridgehead atoms. The summed E-state index contributed by atoms with van der Waals surface area (Å²) >= 11 is 0. The second kappa shape index (κ2) is 10.9. The van der Waals surface area contributed by atoms with Crippen LogP contribution in [0.25, 0.3) is 0 Å². The lowest BCUT2D eigenvalue weighted by Gasteiger charge is -2.17. The zero-order chi connectivity index (χ0) is 17.0. The molecule has 0 heterocycles. The van der Waals surface area contributed by atoms with Crippen molar-refractivity contribution >= 4 is 5.96 Å². The second-order valence-corrected chi connectivity index (χ2v) is 6.15. The Morgan fingerprint density at radius 2 is 1.88 bits per heavy atom. The molecule has 0 radical (unpaired) electrons. The summed E-state index contributed by atoms with van der Waals surface area (Å²) in [6.07, 6.45) is 8.19. The molecule has 1 saturated carbocycles. The van der Waals surface area contributed by atoms with Crippen molar-refractivity contribution in [3.63, 3.8) is 0 Å². The molecule has 2 N–H and O–H groups in total. The van der Waals surface area contributed by atoms with Crippen LogP contribution in [0.4, 0.5) is 0 Å². The van der Waals surface area contributed by atoms with Crippen LogP contribution in [0.2, 0.25) is 0 Å². The van der Waals surface area contributed by atoms with Gasteiger partial charge in [0.15, 0.2) is 5.96 Å². The Balaban J connectivity index is 1.67. The number of rotatable bonds is 7. The lowest BCUT2D eigenvalue weighted by molar-refractivity contribution is 0.0468. The topological polar surface area (TPSA) is 54.9 Å². The monoisotopic (exact) mass is 333 g/mol. The Hall–Kier alpha value is -1.75. The fourth-order valence-corrected chi connectivity index (χ4v) is 3.05. The van der Waals surface area contributed by atoms with Gasteiger partial charge in [0.05, 0.1) is 19.8 Å². The molecule has 0 saturated heterocycles. The third-order valence-corrected chi connectivity index (χ3v) is 4.41. The summed E-state index contributed by atoms with van der Waals surface area (Å²) in [5.74, 6) is 1.67. The first-order valence-corrected chi connectivity index (χ1v) is 9.01. The van der Waals surface area contributed by atoms with Crippen LogP contribution in [0.3, 0.4) is 0 Å². The molecule has 1 aliphatic rings. The minimum absolute atomic E-state index is 0.442. The summed E-state index contributed by atoms with van der Waals surface area (Å²) in [4.78, 5) is 4.26. The molecule has 2 rings (SSSR count). The molecule has 1 aliphatic carbocycles. The van der Waals surface area contributed by atoms with Gasteiger partial charge in [0, 0.05) is 25.7 Å². The third kappa shape index (κ3) is 6.40. The molecule has 0 aliphatic heterocycles. The Kier molecular flexibility index (Phi) is 8.46. The summed E-state index contributed by atoms with van der Waals surface area (Å²) in [6, 6.07) is 8.00. The maximum atomic E-state index is 5.99. The molecule has 0 amide bonds. The molecule has 5 nitrogen and oxygen atoms in total. The molecule has 1 aromatic rings. The Morgan fingerprint density at radius 1 is 1.12 bits per heavy atom. The van der Waals surface area contributed by atoms with E-state index in [1.54, 1.807) is 14.2 Å². The van der Waals surface area contributed by atoms with Gasteiger partial charge in [0.25, 0.3) is 0 Å². The van der Waals surface area contributed by atoms with Crippen molar-refractivity contribution in [3.05, 3.63) is 29.8 Å². The Bertz CT molecular complexity index is 497. The number of methoxy groups -OCH3 is 1. The van der Waals surface area contributed by atoms with Crippen LogP contribution in [0.5, 0.6) is 5.75 Å². The van der Waals surface area contributed by atoms with Crippen LogP contribution in [-0.4, -0.2) is 39.4 Å². The van der Waals surface area contributed by atoms with Crippen LogP contribution < -0.4 is 15.4 Å². The number of ether oxygens (including phenoxy) is 2. The van der Waals surface area contributed by atoms with Gasteiger partial charge in [-0.1, -0.05) is 43.9 Å². The highest BCUT2D eigenvalue weighted by molar-refractivity contribution is 5.79. The highest BCUT2D eigenvalue weighted by atomic mass is 16.5. The van der Waals surface area contributed by atoms with Crippen molar-refractivity contribution < 1.29 is 9.47 Å². The average molecular weight is 333 g/mol. The van der Waals surface area contributed by atoms with Gasteiger partial charge in [0.1, 0.15) is 5.75 Å². The van der Waals surface area contributed by atoms with Gasteiger partial charge in [-0.25, -0.2) is 0 Å². The zero-order valence-electron chi connectivity index (χ0n) is 15.0. The maximum Gasteiger partial charge on any atom is 0.191 e. The van der Waals surface area contributed by atoms with E-state index in [-0.39, 0.29) is 0 Å². The predicted octanol–water partition coefficient (Wildman–Crippen LogP) is 3.10.